The maximum absolute atomic E-state index is 13.6. The second-order valence-electron chi connectivity index (χ2n) is 9.13. The molecule has 1 aliphatic carbocycles. The number of hydrogen-bond donors (Lipinski definition) is 1. The van der Waals surface area contributed by atoms with Gasteiger partial charge in [0.2, 0.25) is 0 Å². The fraction of sp³-hybridized carbons (Fsp3) is 0.240. The third-order valence-corrected chi connectivity index (χ3v) is 36.6. The van der Waals surface area contributed by atoms with Crippen molar-refractivity contribution in [1.82, 2.24) is 3.80 Å². The zero-order valence-electron chi connectivity index (χ0n) is 18.6. The molecule has 0 radical (unpaired) electrons. The second kappa shape index (κ2) is 7.90. The monoisotopic (exact) mass is 504 g/mol. The number of hydrogen-bond acceptors (Lipinski definition) is 1. The van der Waals surface area contributed by atoms with Crippen LogP contribution in [0.4, 0.5) is 0 Å². The van der Waals surface area contributed by atoms with Crippen molar-refractivity contribution in [3.8, 4) is 11.1 Å². The number of fused-ring (bicyclic) bond motifs is 3. The summed E-state index contributed by atoms with van der Waals surface area (Å²) in [5, 5.41) is 0. The summed E-state index contributed by atoms with van der Waals surface area (Å²) in [5.41, 5.74) is 8.64. The van der Waals surface area contributed by atoms with Gasteiger partial charge in [0.05, 0.1) is 0 Å². The molecule has 0 bridgehead atoms. The van der Waals surface area contributed by atoms with E-state index in [0.29, 0.717) is 5.56 Å². The predicted molar refractivity (Wildman–Crippen MR) is 133 cm³/mol. The Morgan fingerprint density at radius 1 is 0.935 bits per heavy atom. The Labute approximate surface area is 194 Å². The van der Waals surface area contributed by atoms with Crippen LogP contribution in [-0.4, -0.2) is 12.6 Å². The molecule has 1 N–H and O–H groups in total. The Kier molecular flexibility index (Phi) is 5.81. The zero-order valence-corrected chi connectivity index (χ0v) is 22.9. The minimum atomic E-state index is -4.60. The predicted octanol–water partition coefficient (Wildman–Crippen LogP) is 6.13. The van der Waals surface area contributed by atoms with Gasteiger partial charge in [0.1, 0.15) is 0 Å². The van der Waals surface area contributed by atoms with Crippen LogP contribution in [0.25, 0.3) is 11.1 Å². The standard InChI is InChI=1S/C13H9.C10H13NO.C2H7Si.2ClH.Ti/c1-3-7-12-10(5-1)9-11-6-2-4-8-13(11)12;1-6-4-7(2)9(10(11)12)8(3)5-6;1-3-2;;;/h1-5,7-8H,9H2;4-5H,1-3H3,(H2,11,12);3H,1-2H3;2*1H;/q;;;;;+3/p-3. The van der Waals surface area contributed by atoms with Crippen molar-refractivity contribution in [2.75, 3.05) is 0 Å². The molecule has 0 fully saturated rings. The molecule has 0 atom stereocenters. The molecule has 0 unspecified atom stereocenters. The Bertz CT molecular complexity index is 1200. The first kappa shape index (κ1) is 22.8. The molecule has 0 saturated carbocycles. The molecule has 0 aromatic heterocycles. The second-order valence-corrected chi connectivity index (χ2v) is 36.5. The molecule has 0 saturated heterocycles. The number of nitrogens with one attached hydrogen (secondary N) is 1. The summed E-state index contributed by atoms with van der Waals surface area (Å²) in [4.78, 5) is 13.6. The van der Waals surface area contributed by atoms with Crippen molar-refractivity contribution in [2.45, 2.75) is 40.3 Å². The quantitative estimate of drug-likeness (QED) is 0.332. The van der Waals surface area contributed by atoms with Gasteiger partial charge in [0.25, 0.3) is 0 Å². The van der Waals surface area contributed by atoms with Gasteiger partial charge in [-0.3, -0.25) is 0 Å². The van der Waals surface area contributed by atoms with E-state index in [1.54, 1.807) is 0 Å². The number of aryl methyl sites for hydroxylation is 3. The average Bonchev–Trinajstić information content (AvgIpc) is 3.05. The summed E-state index contributed by atoms with van der Waals surface area (Å²) >= 11 is -4.60. The van der Waals surface area contributed by atoms with Crippen LogP contribution in [0.3, 0.4) is 0 Å². The molecule has 3 aromatic carbocycles. The van der Waals surface area contributed by atoms with Crippen LogP contribution in [0.5, 0.6) is 0 Å². The van der Waals surface area contributed by atoms with Crippen molar-refractivity contribution >= 4 is 35.0 Å². The first-order valence-corrected chi connectivity index (χ1v) is 22.2. The van der Waals surface area contributed by atoms with Gasteiger partial charge in [0, 0.05) is 0 Å². The first-order valence-electron chi connectivity index (χ1n) is 10.7. The molecule has 6 heteroatoms. The van der Waals surface area contributed by atoms with Crippen molar-refractivity contribution < 1.29 is 17.5 Å². The van der Waals surface area contributed by atoms with Crippen LogP contribution in [0.15, 0.2) is 54.6 Å². The van der Waals surface area contributed by atoms with E-state index < -0.39 is 19.4 Å². The number of carbonyl (C=O) groups excluding carboxylic acids is 1. The Balaban J connectivity index is 1.85. The molecule has 0 aliphatic heterocycles. The topological polar surface area (TPSA) is 29.1 Å². The molecule has 1 amide bonds. The molecule has 0 heterocycles. The van der Waals surface area contributed by atoms with Crippen LogP contribution < -0.4 is 7.67 Å². The molecule has 2 nitrogen and oxygen atoms in total. The van der Waals surface area contributed by atoms with Gasteiger partial charge < -0.3 is 0 Å². The number of amides is 1. The maximum atomic E-state index is 13.6. The van der Waals surface area contributed by atoms with Crippen molar-refractivity contribution in [2.24, 2.45) is 0 Å². The van der Waals surface area contributed by atoms with E-state index >= 15 is 0 Å². The SMILES string of the molecule is Cc1cc(C)c(C(=O)[NH][Ti]([Cl])([Cl])([c]2cccc3c2Cc2ccccc2-3)[SiH](C)C)c(C)c1. The normalized spacial score (nSPS) is 14.0. The van der Waals surface area contributed by atoms with E-state index in [4.69, 9.17) is 18.6 Å². The molecule has 0 spiro atoms. The van der Waals surface area contributed by atoms with Crippen LogP contribution in [0.2, 0.25) is 13.1 Å². The fourth-order valence-corrected chi connectivity index (χ4v) is 16.8. The average molecular weight is 505 g/mol. The number of rotatable bonds is 4. The number of carbonyl (C=O) groups is 1. The van der Waals surface area contributed by atoms with Gasteiger partial charge in [-0.1, -0.05) is 0 Å². The molecular formula is C25H28Cl2NOSiTi. The van der Waals surface area contributed by atoms with Crippen molar-refractivity contribution in [3.63, 3.8) is 0 Å². The van der Waals surface area contributed by atoms with Crippen molar-refractivity contribution in [3.05, 3.63) is 88.0 Å². The van der Waals surface area contributed by atoms with Crippen molar-refractivity contribution in [1.29, 1.82) is 0 Å². The molecule has 161 valence electrons. The minimum absolute atomic E-state index is 0.147. The van der Waals surface area contributed by atoms with Gasteiger partial charge in [0.15, 0.2) is 0 Å². The molecule has 31 heavy (non-hydrogen) atoms. The van der Waals surface area contributed by atoms with E-state index in [0.717, 1.165) is 27.0 Å². The van der Waals surface area contributed by atoms with E-state index in [9.17, 15) is 4.79 Å². The molecule has 1 aliphatic rings. The van der Waals surface area contributed by atoms with E-state index in [1.165, 1.54) is 22.3 Å². The van der Waals surface area contributed by atoms with Gasteiger partial charge in [-0.25, -0.2) is 0 Å². The summed E-state index contributed by atoms with van der Waals surface area (Å²) in [6, 6.07) is 18.8. The Morgan fingerprint density at radius 3 is 2.19 bits per heavy atom. The molecule has 4 rings (SSSR count). The third-order valence-electron chi connectivity index (χ3n) is 6.61. The third kappa shape index (κ3) is 3.75. The summed E-state index contributed by atoms with van der Waals surface area (Å²) in [6.07, 6.45) is 0.806. The Morgan fingerprint density at radius 2 is 1.55 bits per heavy atom. The fourth-order valence-electron chi connectivity index (χ4n) is 4.92. The number of benzene rings is 3. The van der Waals surface area contributed by atoms with Gasteiger partial charge in [-0.15, -0.1) is 0 Å². The van der Waals surface area contributed by atoms with Gasteiger partial charge in [-0.05, 0) is 0 Å². The number of halogens is 2. The summed E-state index contributed by atoms with van der Waals surface area (Å²) < 4.78 is 4.30. The summed E-state index contributed by atoms with van der Waals surface area (Å²) in [5.74, 6) is -0.147. The zero-order chi connectivity index (χ0) is 22.6. The van der Waals surface area contributed by atoms with E-state index in [1.807, 2.05) is 39.0 Å². The summed E-state index contributed by atoms with van der Waals surface area (Å²) in [6.45, 7) is 8.61. The van der Waals surface area contributed by atoms with Gasteiger partial charge in [-0.2, -0.15) is 0 Å². The molecular weight excluding hydrogens is 477 g/mol. The summed E-state index contributed by atoms with van der Waals surface area (Å²) in [7, 11) is 15.1. The van der Waals surface area contributed by atoms with E-state index in [2.05, 4.69) is 53.3 Å². The van der Waals surface area contributed by atoms with E-state index in [-0.39, 0.29) is 5.91 Å². The Hall–Kier alpha value is -1.36. The molecule has 3 aromatic rings. The van der Waals surface area contributed by atoms with Crippen LogP contribution in [-0.2, 0) is 19.1 Å². The van der Waals surface area contributed by atoms with Crippen LogP contribution >= 0.6 is 18.6 Å². The van der Waals surface area contributed by atoms with Gasteiger partial charge >= 0.3 is 196 Å². The first-order chi connectivity index (χ1) is 14.5. The van der Waals surface area contributed by atoms with Crippen LogP contribution in [0, 0.1) is 20.8 Å². The van der Waals surface area contributed by atoms with Crippen LogP contribution in [0.1, 0.15) is 38.2 Å².